The molecule has 13 heavy (non-hydrogen) atoms. The molecule has 0 saturated heterocycles. The number of hydrogen-bond acceptors (Lipinski definition) is 2. The van der Waals surface area contributed by atoms with Crippen molar-refractivity contribution in [3.05, 3.63) is 23.5 Å². The Morgan fingerprint density at radius 1 is 1.54 bits per heavy atom. The lowest BCUT2D eigenvalue weighted by molar-refractivity contribution is 0.0691. The first kappa shape index (κ1) is 9.80. The molecule has 1 aromatic rings. The smallest absolute Gasteiger partial charge is 0.352 e. The third kappa shape index (κ3) is 2.09. The minimum atomic E-state index is -0.956. The molecule has 0 fully saturated rings. The van der Waals surface area contributed by atoms with Crippen molar-refractivity contribution in [3.63, 3.8) is 0 Å². The summed E-state index contributed by atoms with van der Waals surface area (Å²) in [5, 5.41) is 8.65. The van der Waals surface area contributed by atoms with Gasteiger partial charge in [0.2, 0.25) is 0 Å². The van der Waals surface area contributed by atoms with Gasteiger partial charge in [-0.15, -0.1) is 0 Å². The SMILES string of the molecule is CC(C)C(N)c1ccc(C(=O)O)[nH]1. The first-order valence-electron chi connectivity index (χ1n) is 4.20. The van der Waals surface area contributed by atoms with Crippen molar-refractivity contribution in [1.82, 2.24) is 4.98 Å². The lowest BCUT2D eigenvalue weighted by Crippen LogP contribution is -2.17. The summed E-state index contributed by atoms with van der Waals surface area (Å²) >= 11 is 0. The molecule has 0 radical (unpaired) electrons. The Kier molecular flexibility index (Phi) is 2.72. The van der Waals surface area contributed by atoms with Crippen molar-refractivity contribution in [2.24, 2.45) is 11.7 Å². The zero-order valence-corrected chi connectivity index (χ0v) is 7.74. The van der Waals surface area contributed by atoms with Gasteiger partial charge in [-0.1, -0.05) is 13.8 Å². The molecule has 4 nitrogen and oxygen atoms in total. The number of nitrogens with two attached hydrogens (primary N) is 1. The van der Waals surface area contributed by atoms with E-state index in [9.17, 15) is 4.79 Å². The molecule has 4 N–H and O–H groups in total. The molecule has 4 heteroatoms. The highest BCUT2D eigenvalue weighted by Gasteiger charge is 2.13. The number of aromatic nitrogens is 1. The molecule has 0 amide bonds. The van der Waals surface area contributed by atoms with E-state index in [2.05, 4.69) is 4.98 Å². The maximum absolute atomic E-state index is 10.5. The molecule has 1 heterocycles. The minimum absolute atomic E-state index is 0.131. The van der Waals surface area contributed by atoms with Crippen LogP contribution in [-0.2, 0) is 0 Å². The van der Waals surface area contributed by atoms with E-state index in [1.165, 1.54) is 6.07 Å². The van der Waals surface area contributed by atoms with Gasteiger partial charge in [0.25, 0.3) is 0 Å². The summed E-state index contributed by atoms with van der Waals surface area (Å²) in [6.07, 6.45) is 0. The molecule has 1 rings (SSSR count). The van der Waals surface area contributed by atoms with E-state index in [-0.39, 0.29) is 11.7 Å². The van der Waals surface area contributed by atoms with Crippen LogP contribution in [0.4, 0.5) is 0 Å². The second-order valence-electron chi connectivity index (χ2n) is 3.40. The van der Waals surface area contributed by atoms with Crippen LogP contribution in [0.1, 0.15) is 36.1 Å². The van der Waals surface area contributed by atoms with E-state index in [1.54, 1.807) is 6.07 Å². The standard InChI is InChI=1S/C9H14N2O2/c1-5(2)8(10)6-3-4-7(11-6)9(12)13/h3-5,8,11H,10H2,1-2H3,(H,12,13). The average molecular weight is 182 g/mol. The van der Waals surface area contributed by atoms with Gasteiger partial charge in [-0.2, -0.15) is 0 Å². The Bertz CT molecular complexity index is 304. The summed E-state index contributed by atoms with van der Waals surface area (Å²) in [6.45, 7) is 3.98. The summed E-state index contributed by atoms with van der Waals surface area (Å²) in [5.74, 6) is -0.664. The monoisotopic (exact) mass is 182 g/mol. The molecule has 0 spiro atoms. The van der Waals surface area contributed by atoms with Crippen molar-refractivity contribution in [2.75, 3.05) is 0 Å². The molecule has 1 aromatic heterocycles. The Hall–Kier alpha value is -1.29. The number of carbonyl (C=O) groups is 1. The molecule has 0 aliphatic heterocycles. The van der Waals surface area contributed by atoms with Gasteiger partial charge in [-0.25, -0.2) is 4.79 Å². The summed E-state index contributed by atoms with van der Waals surface area (Å²) in [7, 11) is 0. The highest BCUT2D eigenvalue weighted by Crippen LogP contribution is 2.17. The Morgan fingerprint density at radius 2 is 2.15 bits per heavy atom. The number of nitrogens with one attached hydrogen (secondary N) is 1. The Morgan fingerprint density at radius 3 is 2.54 bits per heavy atom. The predicted molar refractivity (Wildman–Crippen MR) is 49.5 cm³/mol. The maximum Gasteiger partial charge on any atom is 0.352 e. The van der Waals surface area contributed by atoms with Crippen LogP contribution < -0.4 is 5.73 Å². The Labute approximate surface area is 76.8 Å². The number of aromatic carboxylic acids is 1. The quantitative estimate of drug-likeness (QED) is 0.660. The Balaban J connectivity index is 2.85. The highest BCUT2D eigenvalue weighted by molar-refractivity contribution is 5.85. The number of aromatic amines is 1. The normalized spacial score (nSPS) is 13.2. The molecule has 0 bridgehead atoms. The summed E-state index contributed by atoms with van der Waals surface area (Å²) in [5.41, 5.74) is 6.78. The van der Waals surface area contributed by atoms with Crippen LogP contribution in [-0.4, -0.2) is 16.1 Å². The average Bonchev–Trinajstić information content (AvgIpc) is 2.50. The van der Waals surface area contributed by atoms with Gasteiger partial charge >= 0.3 is 5.97 Å². The number of rotatable bonds is 3. The minimum Gasteiger partial charge on any atom is -0.477 e. The maximum atomic E-state index is 10.5. The summed E-state index contributed by atoms with van der Waals surface area (Å²) in [4.78, 5) is 13.3. The molecular formula is C9H14N2O2. The lowest BCUT2D eigenvalue weighted by atomic mass is 10.0. The number of hydrogen-bond donors (Lipinski definition) is 3. The molecule has 0 aliphatic carbocycles. The van der Waals surface area contributed by atoms with E-state index < -0.39 is 5.97 Å². The van der Waals surface area contributed by atoms with Crippen LogP contribution in [0, 0.1) is 5.92 Å². The van der Waals surface area contributed by atoms with E-state index in [4.69, 9.17) is 10.8 Å². The van der Waals surface area contributed by atoms with Gasteiger partial charge in [0, 0.05) is 11.7 Å². The highest BCUT2D eigenvalue weighted by atomic mass is 16.4. The fraction of sp³-hybridized carbons (Fsp3) is 0.444. The molecule has 72 valence electrons. The molecule has 1 atom stereocenters. The lowest BCUT2D eigenvalue weighted by Gasteiger charge is -2.13. The van der Waals surface area contributed by atoms with Gasteiger partial charge in [0.1, 0.15) is 5.69 Å². The molecule has 0 aliphatic rings. The molecular weight excluding hydrogens is 168 g/mol. The predicted octanol–water partition coefficient (Wildman–Crippen LogP) is 1.37. The van der Waals surface area contributed by atoms with Gasteiger partial charge in [0.15, 0.2) is 0 Å². The molecule has 0 saturated carbocycles. The van der Waals surface area contributed by atoms with E-state index >= 15 is 0 Å². The third-order valence-corrected chi connectivity index (χ3v) is 2.02. The summed E-state index contributed by atoms with van der Waals surface area (Å²) in [6, 6.07) is 3.11. The van der Waals surface area contributed by atoms with Crippen LogP contribution in [0.15, 0.2) is 12.1 Å². The van der Waals surface area contributed by atoms with Crippen LogP contribution in [0.5, 0.6) is 0 Å². The van der Waals surface area contributed by atoms with Crippen molar-refractivity contribution in [1.29, 1.82) is 0 Å². The van der Waals surface area contributed by atoms with Gasteiger partial charge in [-0.05, 0) is 18.1 Å². The van der Waals surface area contributed by atoms with Crippen molar-refractivity contribution in [2.45, 2.75) is 19.9 Å². The number of carboxylic acids is 1. The van der Waals surface area contributed by atoms with Crippen molar-refractivity contribution < 1.29 is 9.90 Å². The van der Waals surface area contributed by atoms with E-state index in [1.807, 2.05) is 13.8 Å². The van der Waals surface area contributed by atoms with Crippen LogP contribution in [0.3, 0.4) is 0 Å². The van der Waals surface area contributed by atoms with Crippen LogP contribution in [0.25, 0.3) is 0 Å². The fourth-order valence-corrected chi connectivity index (χ4v) is 1.09. The topological polar surface area (TPSA) is 79.1 Å². The number of carboxylic acid groups (broad SMARTS) is 1. The molecule has 1 unspecified atom stereocenters. The second kappa shape index (κ2) is 3.62. The van der Waals surface area contributed by atoms with E-state index in [0.717, 1.165) is 5.69 Å². The van der Waals surface area contributed by atoms with Crippen molar-refractivity contribution in [3.8, 4) is 0 Å². The van der Waals surface area contributed by atoms with Gasteiger partial charge < -0.3 is 15.8 Å². The fourth-order valence-electron chi connectivity index (χ4n) is 1.09. The second-order valence-corrected chi connectivity index (χ2v) is 3.40. The van der Waals surface area contributed by atoms with E-state index in [0.29, 0.717) is 5.92 Å². The first-order chi connectivity index (χ1) is 6.02. The third-order valence-electron chi connectivity index (χ3n) is 2.02. The van der Waals surface area contributed by atoms with Gasteiger partial charge in [-0.3, -0.25) is 0 Å². The summed E-state index contributed by atoms with van der Waals surface area (Å²) < 4.78 is 0. The van der Waals surface area contributed by atoms with Gasteiger partial charge in [0.05, 0.1) is 0 Å². The van der Waals surface area contributed by atoms with Crippen molar-refractivity contribution >= 4 is 5.97 Å². The van der Waals surface area contributed by atoms with Crippen LogP contribution in [0.2, 0.25) is 0 Å². The van der Waals surface area contributed by atoms with Crippen LogP contribution >= 0.6 is 0 Å². The zero-order chi connectivity index (χ0) is 10.0. The first-order valence-corrected chi connectivity index (χ1v) is 4.20. The molecule has 0 aromatic carbocycles. The number of H-pyrrole nitrogens is 1. The zero-order valence-electron chi connectivity index (χ0n) is 7.74. The largest absolute Gasteiger partial charge is 0.477 e.